The molecule has 2 aliphatic rings. The molecule has 4 rings (SSSR count). The highest BCUT2D eigenvalue weighted by atomic mass is 32.1. The maximum atomic E-state index is 12.7. The minimum absolute atomic E-state index is 0.189. The molecule has 0 amide bonds. The highest BCUT2D eigenvalue weighted by molar-refractivity contribution is 7.18. The summed E-state index contributed by atoms with van der Waals surface area (Å²) in [7, 11) is 1.46. The molecule has 2 N–H and O–H groups in total. The number of thiophene rings is 1. The molecular weight excluding hydrogens is 353 g/mol. The molecule has 1 saturated heterocycles. The predicted octanol–water partition coefficient (Wildman–Crippen LogP) is 3.12. The zero-order valence-electron chi connectivity index (χ0n) is 13.8. The van der Waals surface area contributed by atoms with E-state index in [9.17, 15) is 13.2 Å². The molecule has 0 radical (unpaired) electrons. The number of ether oxygens (including phenoxy) is 1. The van der Waals surface area contributed by atoms with Crippen molar-refractivity contribution in [3.05, 3.63) is 10.9 Å². The number of nitrogens with zero attached hydrogens (tertiary/aromatic N) is 3. The second-order valence-corrected chi connectivity index (χ2v) is 8.21. The summed E-state index contributed by atoms with van der Waals surface area (Å²) in [5.74, 6) is 0.670. The van der Waals surface area contributed by atoms with Crippen LogP contribution in [0.25, 0.3) is 10.2 Å². The lowest BCUT2D eigenvalue weighted by Gasteiger charge is -2.43. The molecule has 1 saturated carbocycles. The zero-order valence-corrected chi connectivity index (χ0v) is 14.6. The van der Waals surface area contributed by atoms with E-state index in [0.717, 1.165) is 43.7 Å². The number of hydrogen-bond donors (Lipinski definition) is 1. The highest BCUT2D eigenvalue weighted by Crippen LogP contribution is 2.49. The number of anilines is 1. The summed E-state index contributed by atoms with van der Waals surface area (Å²) in [6, 6.07) is 2.02. The van der Waals surface area contributed by atoms with Crippen LogP contribution in [-0.2, 0) is 6.42 Å². The minimum Gasteiger partial charge on any atom is -0.467 e. The third-order valence-corrected chi connectivity index (χ3v) is 6.12. The topological polar surface area (TPSA) is 64.3 Å². The van der Waals surface area contributed by atoms with Crippen molar-refractivity contribution in [1.29, 1.82) is 0 Å². The Morgan fingerprint density at radius 2 is 2.16 bits per heavy atom. The van der Waals surface area contributed by atoms with E-state index in [-0.39, 0.29) is 22.3 Å². The van der Waals surface area contributed by atoms with Crippen molar-refractivity contribution in [2.45, 2.75) is 37.9 Å². The van der Waals surface area contributed by atoms with Gasteiger partial charge in [-0.15, -0.1) is 11.3 Å². The van der Waals surface area contributed by atoms with Crippen molar-refractivity contribution in [3.63, 3.8) is 0 Å². The summed E-state index contributed by atoms with van der Waals surface area (Å²) in [6.07, 6.45) is -2.16. The molecule has 1 aliphatic carbocycles. The van der Waals surface area contributed by atoms with Crippen molar-refractivity contribution < 1.29 is 17.9 Å². The standard InChI is InChI=1S/C16H19F3N4OS/c1-24-14-21-12(23-3-2-15(8-23)5-9(20)6-15)11-4-10(7-16(17,18)19)25-13(11)22-14/h4,9H,2-3,5-8,20H2,1H3. The number of methoxy groups -OCH3 is 1. The first-order valence-electron chi connectivity index (χ1n) is 8.19. The molecule has 2 aromatic heterocycles. The fourth-order valence-electron chi connectivity index (χ4n) is 4.06. The van der Waals surface area contributed by atoms with Gasteiger partial charge in [0.05, 0.1) is 18.9 Å². The van der Waals surface area contributed by atoms with Gasteiger partial charge in [-0.25, -0.2) is 0 Å². The Kier molecular flexibility index (Phi) is 3.84. The number of rotatable bonds is 3. The third kappa shape index (κ3) is 3.15. The van der Waals surface area contributed by atoms with Crippen LogP contribution < -0.4 is 15.4 Å². The van der Waals surface area contributed by atoms with E-state index >= 15 is 0 Å². The first-order chi connectivity index (χ1) is 11.8. The largest absolute Gasteiger partial charge is 0.467 e. The van der Waals surface area contributed by atoms with Gasteiger partial charge >= 0.3 is 12.2 Å². The van der Waals surface area contributed by atoms with E-state index in [1.54, 1.807) is 6.07 Å². The van der Waals surface area contributed by atoms with Crippen molar-refractivity contribution >= 4 is 27.4 Å². The Balaban J connectivity index is 1.69. The van der Waals surface area contributed by atoms with Crippen molar-refractivity contribution in [3.8, 4) is 6.01 Å². The number of fused-ring (bicyclic) bond motifs is 1. The second kappa shape index (κ2) is 5.70. The van der Waals surface area contributed by atoms with E-state index in [1.165, 1.54) is 7.11 Å². The molecule has 1 spiro atoms. The Morgan fingerprint density at radius 3 is 2.80 bits per heavy atom. The fourth-order valence-corrected chi connectivity index (χ4v) is 5.10. The Morgan fingerprint density at radius 1 is 1.40 bits per heavy atom. The van der Waals surface area contributed by atoms with Gasteiger partial charge in [0, 0.05) is 24.0 Å². The SMILES string of the molecule is COc1nc(N2CCC3(CC(N)C3)C2)c2cc(CC(F)(F)F)sc2n1. The average Bonchev–Trinajstić information content (AvgIpc) is 3.07. The quantitative estimate of drug-likeness (QED) is 0.897. The summed E-state index contributed by atoms with van der Waals surface area (Å²) in [6.45, 7) is 1.66. The normalized spacial score (nSPS) is 26.4. The van der Waals surface area contributed by atoms with Gasteiger partial charge in [0.2, 0.25) is 0 Å². The number of aromatic nitrogens is 2. The molecule has 0 bridgehead atoms. The molecule has 5 nitrogen and oxygen atoms in total. The lowest BCUT2D eigenvalue weighted by atomic mass is 9.65. The third-order valence-electron chi connectivity index (χ3n) is 5.09. The molecule has 9 heteroatoms. The summed E-state index contributed by atoms with van der Waals surface area (Å²) >= 11 is 1.05. The van der Waals surface area contributed by atoms with Gasteiger partial charge in [0.1, 0.15) is 10.6 Å². The van der Waals surface area contributed by atoms with Crippen LogP contribution >= 0.6 is 11.3 Å². The monoisotopic (exact) mass is 372 g/mol. The number of halogens is 3. The van der Waals surface area contributed by atoms with Gasteiger partial charge < -0.3 is 15.4 Å². The molecular formula is C16H19F3N4OS. The van der Waals surface area contributed by atoms with E-state index in [4.69, 9.17) is 10.5 Å². The van der Waals surface area contributed by atoms with E-state index in [2.05, 4.69) is 14.9 Å². The van der Waals surface area contributed by atoms with Crippen LogP contribution in [0.5, 0.6) is 6.01 Å². The Hall–Kier alpha value is -1.61. The maximum absolute atomic E-state index is 12.7. The Labute approximate surface area is 147 Å². The van der Waals surface area contributed by atoms with Crippen LogP contribution in [0.15, 0.2) is 6.07 Å². The van der Waals surface area contributed by atoms with Gasteiger partial charge in [-0.3, -0.25) is 0 Å². The van der Waals surface area contributed by atoms with Crippen LogP contribution in [0.1, 0.15) is 24.1 Å². The van der Waals surface area contributed by atoms with Gasteiger partial charge in [-0.2, -0.15) is 23.1 Å². The summed E-state index contributed by atoms with van der Waals surface area (Å²) in [4.78, 5) is 11.6. The molecule has 0 atom stereocenters. The predicted molar refractivity (Wildman–Crippen MR) is 90.2 cm³/mol. The van der Waals surface area contributed by atoms with Crippen LogP contribution in [0.2, 0.25) is 0 Å². The first kappa shape index (κ1) is 16.8. The lowest BCUT2D eigenvalue weighted by molar-refractivity contribution is -0.126. The zero-order chi connectivity index (χ0) is 17.8. The van der Waals surface area contributed by atoms with Crippen LogP contribution in [0.3, 0.4) is 0 Å². The maximum Gasteiger partial charge on any atom is 0.393 e. The van der Waals surface area contributed by atoms with Crippen LogP contribution in [-0.4, -0.2) is 42.4 Å². The van der Waals surface area contributed by atoms with Crippen LogP contribution in [0.4, 0.5) is 19.0 Å². The van der Waals surface area contributed by atoms with Gasteiger partial charge in [-0.05, 0) is 30.7 Å². The second-order valence-electron chi connectivity index (χ2n) is 7.10. The molecule has 0 unspecified atom stereocenters. The number of hydrogen-bond acceptors (Lipinski definition) is 6. The van der Waals surface area contributed by atoms with Gasteiger partial charge in [-0.1, -0.05) is 0 Å². The van der Waals surface area contributed by atoms with Gasteiger partial charge in [0.15, 0.2) is 0 Å². The molecule has 0 aromatic carbocycles. The first-order valence-corrected chi connectivity index (χ1v) is 9.00. The van der Waals surface area contributed by atoms with E-state index in [1.807, 2.05) is 0 Å². The summed E-state index contributed by atoms with van der Waals surface area (Å²) in [5.41, 5.74) is 6.18. The lowest BCUT2D eigenvalue weighted by Crippen LogP contribution is -2.47. The minimum atomic E-state index is -4.24. The molecule has 136 valence electrons. The molecule has 2 fully saturated rings. The van der Waals surface area contributed by atoms with E-state index in [0.29, 0.717) is 16.0 Å². The van der Waals surface area contributed by atoms with Crippen molar-refractivity contribution in [2.24, 2.45) is 11.1 Å². The fraction of sp³-hybridized carbons (Fsp3) is 0.625. The summed E-state index contributed by atoms with van der Waals surface area (Å²) < 4.78 is 43.4. The molecule has 3 heterocycles. The molecule has 2 aromatic rings. The number of nitrogens with two attached hydrogens (primary N) is 1. The smallest absolute Gasteiger partial charge is 0.393 e. The van der Waals surface area contributed by atoms with Crippen LogP contribution in [0, 0.1) is 5.41 Å². The summed E-state index contributed by atoms with van der Waals surface area (Å²) in [5, 5.41) is 0.672. The Bertz CT molecular complexity index is 801. The van der Waals surface area contributed by atoms with Crippen molar-refractivity contribution in [2.75, 3.05) is 25.1 Å². The molecule has 25 heavy (non-hydrogen) atoms. The number of alkyl halides is 3. The van der Waals surface area contributed by atoms with E-state index < -0.39 is 12.6 Å². The highest BCUT2D eigenvalue weighted by Gasteiger charge is 2.47. The average molecular weight is 372 g/mol. The van der Waals surface area contributed by atoms with Crippen molar-refractivity contribution in [1.82, 2.24) is 9.97 Å². The molecule has 1 aliphatic heterocycles. The van der Waals surface area contributed by atoms with Gasteiger partial charge in [0.25, 0.3) is 0 Å².